The predicted octanol–water partition coefficient (Wildman–Crippen LogP) is 3.47. The first-order valence-electron chi connectivity index (χ1n) is 15.3. The van der Waals surface area contributed by atoms with Gasteiger partial charge in [-0.1, -0.05) is 60.7 Å². The number of benzene rings is 2. The molecule has 5 aliphatic heterocycles. The lowest BCUT2D eigenvalue weighted by molar-refractivity contribution is -0.580. The van der Waals surface area contributed by atoms with E-state index in [-0.39, 0.29) is 19.8 Å². The number of hydrogen-bond donors (Lipinski definition) is 0. The summed E-state index contributed by atoms with van der Waals surface area (Å²) in [5.41, 5.74) is 1.66. The summed E-state index contributed by atoms with van der Waals surface area (Å²) < 4.78 is 61.8. The topological polar surface area (TPSA) is 135 Å². The van der Waals surface area contributed by atoms with Gasteiger partial charge in [0.05, 0.1) is 19.8 Å². The molecule has 1 unspecified atom stereocenters. The van der Waals surface area contributed by atoms with Crippen LogP contribution in [-0.2, 0) is 54.0 Å². The maximum atomic E-state index is 12.7. The van der Waals surface area contributed by atoms with E-state index in [1.54, 1.807) is 13.8 Å². The number of fused-ring (bicyclic) bond motifs is 4. The monoisotopic (exact) mass is 629 g/mol. The highest BCUT2D eigenvalue weighted by Crippen LogP contribution is 2.44. The lowest BCUT2D eigenvalue weighted by atomic mass is 9.95. The Morgan fingerprint density at radius 1 is 0.800 bits per heavy atom. The standard InChI is InChI=1S/C32H39NO12/c1-31(2)42-24-21(40-30-27(26(24)43-31)44-32(3,4)45-30)17-38-29-22(33(34)35)25(36-15-18-11-7-5-8-12-18)23-20(39-29)16-37-28(41-23)19-13-9-6-10-14-19/h5-14,20-30H,15-17H2,1-4H3/t20-,21-,22-,23-,24+,25-,26+,27-,28?,29-,30-/m1/s1. The van der Waals surface area contributed by atoms with Crippen LogP contribution in [0.3, 0.4) is 0 Å². The maximum absolute atomic E-state index is 12.7. The molecule has 45 heavy (non-hydrogen) atoms. The highest BCUT2D eigenvalue weighted by Gasteiger charge is 2.62. The highest BCUT2D eigenvalue weighted by atomic mass is 16.9. The van der Waals surface area contributed by atoms with Gasteiger partial charge in [-0.2, -0.15) is 0 Å². The minimum absolute atomic E-state index is 0.0975. The van der Waals surface area contributed by atoms with E-state index >= 15 is 0 Å². The molecule has 0 saturated carbocycles. The fourth-order valence-electron chi connectivity index (χ4n) is 6.67. The molecule has 5 heterocycles. The van der Waals surface area contributed by atoms with Crippen LogP contribution in [0.15, 0.2) is 60.7 Å². The van der Waals surface area contributed by atoms with E-state index in [9.17, 15) is 10.1 Å². The van der Waals surface area contributed by atoms with Crippen molar-refractivity contribution in [2.24, 2.45) is 0 Å². The summed E-state index contributed by atoms with van der Waals surface area (Å²) in [7, 11) is 0. The maximum Gasteiger partial charge on any atom is 0.291 e. The van der Waals surface area contributed by atoms with Gasteiger partial charge in [0.2, 0.25) is 6.29 Å². The van der Waals surface area contributed by atoms with Crippen molar-refractivity contribution in [3.05, 3.63) is 81.9 Å². The van der Waals surface area contributed by atoms with E-state index in [0.29, 0.717) is 0 Å². The van der Waals surface area contributed by atoms with Gasteiger partial charge < -0.3 is 47.4 Å². The number of nitrogens with zero attached hydrogens (tertiary/aromatic N) is 1. The predicted molar refractivity (Wildman–Crippen MR) is 153 cm³/mol. The van der Waals surface area contributed by atoms with Crippen molar-refractivity contribution in [3.63, 3.8) is 0 Å². The molecule has 7 rings (SSSR count). The molecule has 0 amide bonds. The molecule has 0 bridgehead atoms. The molecule has 0 spiro atoms. The van der Waals surface area contributed by atoms with Crippen LogP contribution in [0, 0.1) is 10.1 Å². The van der Waals surface area contributed by atoms with Crippen LogP contribution in [0.2, 0.25) is 0 Å². The van der Waals surface area contributed by atoms with Crippen LogP contribution < -0.4 is 0 Å². The zero-order chi connectivity index (χ0) is 31.3. The summed E-state index contributed by atoms with van der Waals surface area (Å²) in [5, 5.41) is 12.7. The van der Waals surface area contributed by atoms with E-state index in [1.165, 1.54) is 0 Å². The van der Waals surface area contributed by atoms with Crippen molar-refractivity contribution < 1.29 is 52.3 Å². The van der Waals surface area contributed by atoms with Crippen LogP contribution in [0.25, 0.3) is 0 Å². The first-order valence-corrected chi connectivity index (χ1v) is 15.3. The Labute approximate surface area is 261 Å². The van der Waals surface area contributed by atoms with Gasteiger partial charge in [0.15, 0.2) is 30.3 Å². The second-order valence-corrected chi connectivity index (χ2v) is 12.8. The number of hydrogen-bond acceptors (Lipinski definition) is 12. The number of nitro groups is 1. The van der Waals surface area contributed by atoms with Gasteiger partial charge >= 0.3 is 0 Å². The second-order valence-electron chi connectivity index (χ2n) is 12.8. The Hall–Kier alpha value is -2.56. The zero-order valence-electron chi connectivity index (χ0n) is 25.6. The van der Waals surface area contributed by atoms with Gasteiger partial charge in [0.25, 0.3) is 6.04 Å². The summed E-state index contributed by atoms with van der Waals surface area (Å²) in [5.74, 6) is -1.78. The Morgan fingerprint density at radius 3 is 2.20 bits per heavy atom. The zero-order valence-corrected chi connectivity index (χ0v) is 25.6. The Balaban J connectivity index is 1.11. The van der Waals surface area contributed by atoms with Crippen molar-refractivity contribution >= 4 is 0 Å². The Bertz CT molecular complexity index is 1330. The molecule has 13 heteroatoms. The highest BCUT2D eigenvalue weighted by molar-refractivity contribution is 5.17. The molecule has 5 saturated heterocycles. The molecular weight excluding hydrogens is 590 g/mol. The van der Waals surface area contributed by atoms with Crippen molar-refractivity contribution in [1.82, 2.24) is 0 Å². The molecule has 2 aromatic rings. The quantitative estimate of drug-likeness (QED) is 0.313. The van der Waals surface area contributed by atoms with Crippen LogP contribution in [0.5, 0.6) is 0 Å². The van der Waals surface area contributed by atoms with E-state index in [0.717, 1.165) is 11.1 Å². The third-order valence-electron chi connectivity index (χ3n) is 8.58. The third kappa shape index (κ3) is 6.39. The molecule has 2 aromatic carbocycles. The molecule has 0 aliphatic carbocycles. The summed E-state index contributed by atoms with van der Waals surface area (Å²) >= 11 is 0. The van der Waals surface area contributed by atoms with Crippen LogP contribution in [-0.4, -0.2) is 91.1 Å². The molecular formula is C32H39NO12. The molecule has 13 nitrogen and oxygen atoms in total. The summed E-state index contributed by atoms with van der Waals surface area (Å²) in [6.07, 6.45) is -7.50. The number of rotatable bonds is 8. The first kappa shape index (κ1) is 31.1. The van der Waals surface area contributed by atoms with E-state index < -0.39 is 84.1 Å². The van der Waals surface area contributed by atoms with Crippen LogP contribution in [0.4, 0.5) is 0 Å². The molecule has 0 N–H and O–H groups in total. The minimum Gasteiger partial charge on any atom is -0.363 e. The molecule has 11 atom stereocenters. The van der Waals surface area contributed by atoms with Gasteiger partial charge in [-0.3, -0.25) is 10.1 Å². The van der Waals surface area contributed by atoms with Crippen molar-refractivity contribution in [1.29, 1.82) is 0 Å². The molecule has 244 valence electrons. The lowest BCUT2D eigenvalue weighted by Gasteiger charge is -2.46. The summed E-state index contributed by atoms with van der Waals surface area (Å²) in [6, 6.07) is 17.5. The fraction of sp³-hybridized carbons (Fsp3) is 0.625. The van der Waals surface area contributed by atoms with Gasteiger partial charge in [-0.25, -0.2) is 0 Å². The molecule has 0 radical (unpaired) electrons. The summed E-state index contributed by atoms with van der Waals surface area (Å²) in [6.45, 7) is 7.39. The van der Waals surface area contributed by atoms with Gasteiger partial charge in [0.1, 0.15) is 36.6 Å². The van der Waals surface area contributed by atoms with Gasteiger partial charge in [-0.05, 0) is 33.3 Å². The normalized spacial score (nSPS) is 39.9. The molecule has 0 aromatic heterocycles. The van der Waals surface area contributed by atoms with Gasteiger partial charge in [0, 0.05) is 10.5 Å². The SMILES string of the molecule is CC1(C)O[C@H]2[C@@H](O1)[C@@H](CO[C@@H]1O[C@@H]3COC(c4ccccc4)O[C@H]3[C@H](OCc3ccccc3)[C@H]1[N+](=O)[O-])O[C@@H]1OC(C)(C)O[C@@H]12. The van der Waals surface area contributed by atoms with E-state index in [1.807, 2.05) is 74.5 Å². The Kier molecular flexibility index (Phi) is 8.44. The third-order valence-corrected chi connectivity index (χ3v) is 8.58. The largest absolute Gasteiger partial charge is 0.363 e. The second kappa shape index (κ2) is 12.2. The lowest BCUT2D eigenvalue weighted by Crippen LogP contribution is -2.65. The fourth-order valence-corrected chi connectivity index (χ4v) is 6.67. The van der Waals surface area contributed by atoms with Gasteiger partial charge in [-0.15, -0.1) is 0 Å². The van der Waals surface area contributed by atoms with E-state index in [4.69, 9.17) is 47.4 Å². The van der Waals surface area contributed by atoms with Crippen molar-refractivity contribution in [2.75, 3.05) is 13.2 Å². The first-order chi connectivity index (χ1) is 21.6. The smallest absolute Gasteiger partial charge is 0.291 e. The van der Waals surface area contributed by atoms with Crippen LogP contribution >= 0.6 is 0 Å². The minimum atomic E-state index is -1.42. The average Bonchev–Trinajstić information content (AvgIpc) is 3.52. The van der Waals surface area contributed by atoms with E-state index in [2.05, 4.69) is 0 Å². The van der Waals surface area contributed by atoms with Crippen molar-refractivity contribution in [3.8, 4) is 0 Å². The van der Waals surface area contributed by atoms with Crippen molar-refractivity contribution in [2.45, 2.75) is 114 Å². The average molecular weight is 630 g/mol. The molecule has 5 aliphatic rings. The Morgan fingerprint density at radius 2 is 1.47 bits per heavy atom. The summed E-state index contributed by atoms with van der Waals surface area (Å²) in [4.78, 5) is 12.3. The van der Waals surface area contributed by atoms with Crippen LogP contribution in [0.1, 0.15) is 45.1 Å². The number of ether oxygens (including phenoxy) is 10. The molecule has 5 fully saturated rings.